The first kappa shape index (κ1) is 20.7. The maximum absolute atomic E-state index is 12.6. The molecule has 0 aliphatic carbocycles. The Bertz CT molecular complexity index is 631. The molecule has 0 radical (unpaired) electrons. The molecule has 138 valence electrons. The third-order valence-electron chi connectivity index (χ3n) is 3.38. The van der Waals surface area contributed by atoms with Gasteiger partial charge in [0.2, 0.25) is 0 Å². The van der Waals surface area contributed by atoms with E-state index in [9.17, 15) is 22.8 Å². The first-order valence-corrected chi connectivity index (χ1v) is 7.52. The molecule has 1 saturated heterocycles. The Morgan fingerprint density at radius 3 is 2.12 bits per heavy atom. The van der Waals surface area contributed by atoms with E-state index >= 15 is 0 Å². The van der Waals surface area contributed by atoms with Crippen LogP contribution in [0.3, 0.4) is 0 Å². The lowest BCUT2D eigenvalue weighted by Gasteiger charge is -2.41. The zero-order chi connectivity index (χ0) is 19.3. The highest BCUT2D eigenvalue weighted by molar-refractivity contribution is 5.91. The van der Waals surface area contributed by atoms with Crippen LogP contribution in [0.2, 0.25) is 0 Å². The minimum Gasteiger partial charge on any atom is -0.478 e. The molecule has 0 saturated carbocycles. The summed E-state index contributed by atoms with van der Waals surface area (Å²) in [4.78, 5) is 22.4. The molecular weight excluding hydrogens is 341 g/mol. The number of hydrogen-bond acceptors (Lipinski definition) is 4. The van der Waals surface area contributed by atoms with Crippen molar-refractivity contribution in [3.05, 3.63) is 47.5 Å². The first-order chi connectivity index (χ1) is 11.6. The molecule has 0 unspecified atom stereocenters. The molecule has 1 aromatic carbocycles. The molecule has 0 atom stereocenters. The number of benzene rings is 1. The summed E-state index contributed by atoms with van der Waals surface area (Å²) in [6, 6.07) is 4.20. The van der Waals surface area contributed by atoms with Gasteiger partial charge in [-0.1, -0.05) is 32.6 Å². The van der Waals surface area contributed by atoms with Gasteiger partial charge in [0.15, 0.2) is 5.60 Å². The summed E-state index contributed by atoms with van der Waals surface area (Å²) < 4.78 is 47.9. The molecule has 1 aromatic rings. The van der Waals surface area contributed by atoms with E-state index in [1.807, 2.05) is 13.8 Å². The summed E-state index contributed by atoms with van der Waals surface area (Å²) >= 11 is 0. The van der Waals surface area contributed by atoms with E-state index in [2.05, 4.69) is 6.58 Å². The van der Waals surface area contributed by atoms with Crippen molar-refractivity contribution < 1.29 is 37.3 Å². The Hall–Kier alpha value is -2.35. The van der Waals surface area contributed by atoms with E-state index in [-0.39, 0.29) is 18.8 Å². The zero-order valence-electron chi connectivity index (χ0n) is 13.9. The minimum absolute atomic E-state index is 0.0103. The highest BCUT2D eigenvalue weighted by atomic mass is 19.4. The predicted octanol–water partition coefficient (Wildman–Crippen LogP) is 3.53. The average molecular weight is 360 g/mol. The van der Waals surface area contributed by atoms with E-state index < -0.39 is 35.7 Å². The Morgan fingerprint density at radius 1 is 1.24 bits per heavy atom. The largest absolute Gasteiger partial charge is 0.478 e. The normalized spacial score (nSPS) is 15.2. The fraction of sp³-hybridized carbons (Fsp3) is 0.412. The van der Waals surface area contributed by atoms with Crippen molar-refractivity contribution in [1.82, 2.24) is 0 Å². The van der Waals surface area contributed by atoms with Crippen LogP contribution in [0.5, 0.6) is 0 Å². The van der Waals surface area contributed by atoms with Crippen LogP contribution in [-0.2, 0) is 30.8 Å². The standard InChI is InChI=1S/C15H13F3O5.C2H6/c1-9(13(20)21)6-12(19)23-14(7-22-8-14)10-2-4-11(5-3-10)15(16,17)18;1-2/h2-5H,1,6-8H2,(H,20,21);1-2H3. The number of halogens is 3. The number of esters is 1. The van der Waals surface area contributed by atoms with Crippen LogP contribution in [0.25, 0.3) is 0 Å². The van der Waals surface area contributed by atoms with E-state index in [0.717, 1.165) is 12.1 Å². The Morgan fingerprint density at radius 2 is 1.76 bits per heavy atom. The van der Waals surface area contributed by atoms with Crippen molar-refractivity contribution in [2.45, 2.75) is 32.0 Å². The summed E-state index contributed by atoms with van der Waals surface area (Å²) in [5.41, 5.74) is -1.99. The number of carbonyl (C=O) groups is 2. The molecule has 0 spiro atoms. The monoisotopic (exact) mass is 360 g/mol. The molecule has 0 bridgehead atoms. The smallest absolute Gasteiger partial charge is 0.416 e. The van der Waals surface area contributed by atoms with Crippen molar-refractivity contribution in [1.29, 1.82) is 0 Å². The van der Waals surface area contributed by atoms with Gasteiger partial charge in [0, 0.05) is 11.1 Å². The molecule has 1 N–H and O–H groups in total. The highest BCUT2D eigenvalue weighted by Gasteiger charge is 2.45. The lowest BCUT2D eigenvalue weighted by atomic mass is 9.91. The minimum atomic E-state index is -4.46. The maximum Gasteiger partial charge on any atom is 0.416 e. The van der Waals surface area contributed by atoms with Gasteiger partial charge in [0.25, 0.3) is 0 Å². The van der Waals surface area contributed by atoms with Crippen LogP contribution in [0, 0.1) is 0 Å². The number of aliphatic carboxylic acids is 1. The number of carboxylic acids is 1. The zero-order valence-corrected chi connectivity index (χ0v) is 13.9. The highest BCUT2D eigenvalue weighted by Crippen LogP contribution is 2.36. The maximum atomic E-state index is 12.6. The van der Waals surface area contributed by atoms with Crippen molar-refractivity contribution >= 4 is 11.9 Å². The average Bonchev–Trinajstić information content (AvgIpc) is 2.52. The summed E-state index contributed by atoms with van der Waals surface area (Å²) in [6.45, 7) is 7.20. The summed E-state index contributed by atoms with van der Waals surface area (Å²) in [5.74, 6) is -2.16. The topological polar surface area (TPSA) is 72.8 Å². The number of hydrogen-bond donors (Lipinski definition) is 1. The van der Waals surface area contributed by atoms with Gasteiger partial charge >= 0.3 is 18.1 Å². The summed E-state index contributed by atoms with van der Waals surface area (Å²) in [7, 11) is 0. The Balaban J connectivity index is 0.00000151. The Kier molecular flexibility index (Phi) is 6.75. The number of alkyl halides is 3. The fourth-order valence-corrected chi connectivity index (χ4v) is 2.04. The fourth-order valence-electron chi connectivity index (χ4n) is 2.04. The molecule has 1 fully saturated rings. The number of rotatable bonds is 5. The first-order valence-electron chi connectivity index (χ1n) is 7.52. The summed E-state index contributed by atoms with van der Waals surface area (Å²) in [5, 5.41) is 8.69. The number of carboxylic acid groups (broad SMARTS) is 1. The molecular formula is C17H19F3O5. The van der Waals surface area contributed by atoms with Crippen molar-refractivity contribution in [2.75, 3.05) is 13.2 Å². The SMILES string of the molecule is C=C(CC(=O)OC1(c2ccc(C(F)(F)F)cc2)COC1)C(=O)O.CC. The lowest BCUT2D eigenvalue weighted by molar-refractivity contribution is -0.218. The van der Waals surface area contributed by atoms with E-state index in [4.69, 9.17) is 14.6 Å². The number of carbonyl (C=O) groups excluding carboxylic acids is 1. The van der Waals surface area contributed by atoms with E-state index in [1.54, 1.807) is 0 Å². The second-order valence-corrected chi connectivity index (χ2v) is 5.12. The van der Waals surface area contributed by atoms with Gasteiger partial charge in [-0.3, -0.25) is 4.79 Å². The quantitative estimate of drug-likeness (QED) is 0.642. The lowest BCUT2D eigenvalue weighted by Crippen LogP contribution is -2.50. The predicted molar refractivity (Wildman–Crippen MR) is 82.8 cm³/mol. The van der Waals surface area contributed by atoms with Crippen LogP contribution < -0.4 is 0 Å². The van der Waals surface area contributed by atoms with E-state index in [1.165, 1.54) is 12.1 Å². The van der Waals surface area contributed by atoms with Gasteiger partial charge in [-0.05, 0) is 12.1 Å². The van der Waals surface area contributed by atoms with Gasteiger partial charge in [-0.25, -0.2) is 4.79 Å². The van der Waals surface area contributed by atoms with E-state index in [0.29, 0.717) is 5.56 Å². The van der Waals surface area contributed by atoms with Crippen LogP contribution in [-0.4, -0.2) is 30.3 Å². The van der Waals surface area contributed by atoms with Crippen LogP contribution in [0.1, 0.15) is 31.4 Å². The molecule has 2 rings (SSSR count). The molecule has 5 nitrogen and oxygen atoms in total. The molecule has 1 aliphatic heterocycles. The number of ether oxygens (including phenoxy) is 2. The van der Waals surface area contributed by atoms with Gasteiger partial charge in [0.1, 0.15) is 0 Å². The molecule has 25 heavy (non-hydrogen) atoms. The van der Waals surface area contributed by atoms with Gasteiger partial charge in [-0.2, -0.15) is 13.2 Å². The molecule has 1 aliphatic rings. The van der Waals surface area contributed by atoms with Crippen molar-refractivity contribution in [3.63, 3.8) is 0 Å². The molecule has 8 heteroatoms. The molecule has 0 amide bonds. The second kappa shape index (κ2) is 8.15. The molecule has 0 aromatic heterocycles. The van der Waals surface area contributed by atoms with Crippen molar-refractivity contribution in [2.24, 2.45) is 0 Å². The third kappa shape index (κ3) is 5.06. The van der Waals surface area contributed by atoms with Gasteiger partial charge < -0.3 is 14.6 Å². The second-order valence-electron chi connectivity index (χ2n) is 5.12. The molecule has 1 heterocycles. The van der Waals surface area contributed by atoms with Gasteiger partial charge in [-0.15, -0.1) is 0 Å². The third-order valence-corrected chi connectivity index (χ3v) is 3.38. The van der Waals surface area contributed by atoms with Crippen molar-refractivity contribution in [3.8, 4) is 0 Å². The summed E-state index contributed by atoms with van der Waals surface area (Å²) in [6.07, 6.45) is -4.98. The van der Waals surface area contributed by atoms with Crippen LogP contribution >= 0.6 is 0 Å². The van der Waals surface area contributed by atoms with Crippen LogP contribution in [0.4, 0.5) is 13.2 Å². The van der Waals surface area contributed by atoms with Crippen LogP contribution in [0.15, 0.2) is 36.4 Å². The Labute approximate surface area is 143 Å². The van der Waals surface area contributed by atoms with Gasteiger partial charge in [0.05, 0.1) is 25.2 Å².